The molecule has 4 nitrogen and oxygen atoms in total. The SMILES string of the molecule is COC(=O)CC[C@@H](C)[C@H]1CC[C@H]2[C@@H]3CC[C@@H]4COC(=O)CC[C@]4(C)[C@H]3CC[C@]12C. The van der Waals surface area contributed by atoms with E-state index in [2.05, 4.69) is 20.8 Å². The number of fused-ring (bicyclic) bond motifs is 5. The lowest BCUT2D eigenvalue weighted by Gasteiger charge is -2.59. The molecule has 0 unspecified atom stereocenters. The first-order valence-corrected chi connectivity index (χ1v) is 12.0. The maximum Gasteiger partial charge on any atom is 0.305 e. The molecule has 4 aliphatic rings. The van der Waals surface area contributed by atoms with Crippen LogP contribution < -0.4 is 0 Å². The summed E-state index contributed by atoms with van der Waals surface area (Å²) in [6.07, 6.45) is 10.9. The zero-order chi connectivity index (χ0) is 20.8. The van der Waals surface area contributed by atoms with E-state index in [-0.39, 0.29) is 17.4 Å². The monoisotopic (exact) mass is 404 g/mol. The Bertz CT molecular complexity index is 645. The van der Waals surface area contributed by atoms with Crippen molar-refractivity contribution in [1.82, 2.24) is 0 Å². The third-order valence-electron chi connectivity index (χ3n) is 10.2. The normalized spacial score (nSPS) is 45.2. The Morgan fingerprint density at radius 1 is 1.10 bits per heavy atom. The van der Waals surface area contributed by atoms with Gasteiger partial charge in [0.25, 0.3) is 0 Å². The van der Waals surface area contributed by atoms with Crippen molar-refractivity contribution in [3.05, 3.63) is 0 Å². The Balaban J connectivity index is 1.50. The van der Waals surface area contributed by atoms with Crippen LogP contribution in [0, 0.1) is 46.3 Å². The molecule has 0 aromatic carbocycles. The van der Waals surface area contributed by atoms with Gasteiger partial charge in [-0.3, -0.25) is 9.59 Å². The van der Waals surface area contributed by atoms with Crippen LogP contribution in [0.5, 0.6) is 0 Å². The van der Waals surface area contributed by atoms with Gasteiger partial charge in [-0.2, -0.15) is 0 Å². The molecule has 1 saturated heterocycles. The lowest BCUT2D eigenvalue weighted by atomic mass is 9.46. The first kappa shape index (κ1) is 21.2. The van der Waals surface area contributed by atoms with Gasteiger partial charge in [0.2, 0.25) is 0 Å². The summed E-state index contributed by atoms with van der Waals surface area (Å²) < 4.78 is 10.4. The van der Waals surface area contributed by atoms with Crippen molar-refractivity contribution in [3.8, 4) is 0 Å². The van der Waals surface area contributed by atoms with Gasteiger partial charge in [-0.05, 0) is 97.7 Å². The summed E-state index contributed by atoms with van der Waals surface area (Å²) in [6.45, 7) is 8.05. The smallest absolute Gasteiger partial charge is 0.305 e. The molecule has 1 heterocycles. The molecule has 0 N–H and O–H groups in total. The fourth-order valence-electron chi connectivity index (χ4n) is 8.46. The third-order valence-corrected chi connectivity index (χ3v) is 10.2. The predicted molar refractivity (Wildman–Crippen MR) is 112 cm³/mol. The molecule has 4 rings (SSSR count). The van der Waals surface area contributed by atoms with E-state index < -0.39 is 0 Å². The number of cyclic esters (lactones) is 1. The van der Waals surface area contributed by atoms with Crippen LogP contribution >= 0.6 is 0 Å². The van der Waals surface area contributed by atoms with Crippen molar-refractivity contribution in [3.63, 3.8) is 0 Å². The molecule has 0 aromatic rings. The zero-order valence-corrected chi connectivity index (χ0v) is 18.9. The van der Waals surface area contributed by atoms with Crippen molar-refractivity contribution in [1.29, 1.82) is 0 Å². The Morgan fingerprint density at radius 2 is 1.86 bits per heavy atom. The van der Waals surface area contributed by atoms with Gasteiger partial charge in [0.1, 0.15) is 0 Å². The lowest BCUT2D eigenvalue weighted by Crippen LogP contribution is -2.52. The minimum absolute atomic E-state index is 0.0122. The fourth-order valence-corrected chi connectivity index (χ4v) is 8.46. The van der Waals surface area contributed by atoms with E-state index in [1.165, 1.54) is 45.6 Å². The van der Waals surface area contributed by atoms with Crippen LogP contribution in [0.15, 0.2) is 0 Å². The van der Waals surface area contributed by atoms with Gasteiger partial charge < -0.3 is 9.47 Å². The molecule has 164 valence electrons. The average molecular weight is 405 g/mol. The number of carbonyl (C=O) groups excluding carboxylic acids is 2. The van der Waals surface area contributed by atoms with E-state index in [0.29, 0.717) is 36.7 Å². The summed E-state index contributed by atoms with van der Waals surface area (Å²) >= 11 is 0. The first-order valence-electron chi connectivity index (χ1n) is 12.0. The molecule has 0 spiro atoms. The van der Waals surface area contributed by atoms with Crippen molar-refractivity contribution in [2.75, 3.05) is 13.7 Å². The molecule has 0 radical (unpaired) electrons. The zero-order valence-electron chi connectivity index (χ0n) is 18.9. The van der Waals surface area contributed by atoms with Gasteiger partial charge in [-0.15, -0.1) is 0 Å². The number of carbonyl (C=O) groups is 2. The van der Waals surface area contributed by atoms with Gasteiger partial charge in [0.15, 0.2) is 0 Å². The summed E-state index contributed by atoms with van der Waals surface area (Å²) in [5, 5.41) is 0. The van der Waals surface area contributed by atoms with Crippen molar-refractivity contribution in [2.45, 2.75) is 85.0 Å². The summed E-state index contributed by atoms with van der Waals surface area (Å²) in [5.74, 6) is 4.16. The maximum atomic E-state index is 12.0. The predicted octanol–water partition coefficient (Wildman–Crippen LogP) is 5.39. The minimum Gasteiger partial charge on any atom is -0.469 e. The van der Waals surface area contributed by atoms with Crippen LogP contribution in [-0.4, -0.2) is 25.7 Å². The highest BCUT2D eigenvalue weighted by atomic mass is 16.5. The first-order chi connectivity index (χ1) is 13.8. The molecule has 0 bridgehead atoms. The van der Waals surface area contributed by atoms with Gasteiger partial charge in [-0.25, -0.2) is 0 Å². The highest BCUT2D eigenvalue weighted by Gasteiger charge is 2.60. The van der Waals surface area contributed by atoms with Gasteiger partial charge in [0, 0.05) is 12.8 Å². The Morgan fingerprint density at radius 3 is 2.62 bits per heavy atom. The summed E-state index contributed by atoms with van der Waals surface area (Å²) in [4.78, 5) is 23.6. The Kier molecular flexibility index (Phi) is 5.76. The van der Waals surface area contributed by atoms with E-state index in [4.69, 9.17) is 9.47 Å². The number of hydrogen-bond donors (Lipinski definition) is 0. The molecular weight excluding hydrogens is 364 g/mol. The lowest BCUT2D eigenvalue weighted by molar-refractivity contribution is -0.145. The minimum atomic E-state index is -0.0726. The highest BCUT2D eigenvalue weighted by molar-refractivity contribution is 5.69. The highest BCUT2D eigenvalue weighted by Crippen LogP contribution is 2.67. The van der Waals surface area contributed by atoms with E-state index in [1.54, 1.807) is 0 Å². The van der Waals surface area contributed by atoms with E-state index in [9.17, 15) is 9.59 Å². The maximum absolute atomic E-state index is 12.0. The molecule has 0 aromatic heterocycles. The number of rotatable bonds is 4. The molecule has 0 amide bonds. The van der Waals surface area contributed by atoms with Crippen LogP contribution in [0.2, 0.25) is 0 Å². The number of methoxy groups -OCH3 is 1. The van der Waals surface area contributed by atoms with E-state index in [1.807, 2.05) is 0 Å². The third kappa shape index (κ3) is 3.53. The van der Waals surface area contributed by atoms with Gasteiger partial charge in [-0.1, -0.05) is 20.8 Å². The molecule has 3 saturated carbocycles. The van der Waals surface area contributed by atoms with E-state index >= 15 is 0 Å². The average Bonchev–Trinajstić information content (AvgIpc) is 2.98. The largest absolute Gasteiger partial charge is 0.469 e. The molecule has 4 heteroatoms. The standard InChI is InChI=1S/C25H40O4/c1-16(5-10-22(26)28-4)19-8-9-20-18-7-6-17-15-29-23(27)12-14-24(17,2)21(18)11-13-25(19,20)3/h16-21H,5-15H2,1-4H3/t16-,17-,18+,19-,20+,21+,24+,25-/m1/s1. The van der Waals surface area contributed by atoms with Crippen LogP contribution in [0.1, 0.15) is 85.0 Å². The summed E-state index contributed by atoms with van der Waals surface area (Å²) in [5.41, 5.74) is 0.682. The van der Waals surface area contributed by atoms with Gasteiger partial charge >= 0.3 is 11.9 Å². The van der Waals surface area contributed by atoms with Crippen molar-refractivity contribution < 1.29 is 19.1 Å². The van der Waals surface area contributed by atoms with Crippen molar-refractivity contribution >= 4 is 11.9 Å². The van der Waals surface area contributed by atoms with Crippen LogP contribution in [0.25, 0.3) is 0 Å². The van der Waals surface area contributed by atoms with Crippen LogP contribution in [0.4, 0.5) is 0 Å². The van der Waals surface area contributed by atoms with Crippen LogP contribution in [-0.2, 0) is 19.1 Å². The van der Waals surface area contributed by atoms with Crippen molar-refractivity contribution in [2.24, 2.45) is 46.3 Å². The summed E-state index contributed by atoms with van der Waals surface area (Å²) in [6, 6.07) is 0. The van der Waals surface area contributed by atoms with E-state index in [0.717, 1.165) is 36.5 Å². The Hall–Kier alpha value is -1.06. The topological polar surface area (TPSA) is 52.6 Å². The number of hydrogen-bond acceptors (Lipinski definition) is 4. The molecule has 3 aliphatic carbocycles. The second kappa shape index (κ2) is 7.89. The molecule has 1 aliphatic heterocycles. The number of ether oxygens (including phenoxy) is 2. The quantitative estimate of drug-likeness (QED) is 0.590. The second-order valence-electron chi connectivity index (χ2n) is 11.2. The molecule has 4 fully saturated rings. The molecule has 29 heavy (non-hydrogen) atoms. The van der Waals surface area contributed by atoms with Crippen LogP contribution in [0.3, 0.4) is 0 Å². The summed E-state index contributed by atoms with van der Waals surface area (Å²) in [7, 11) is 1.49. The number of esters is 2. The molecular formula is C25H40O4. The molecule has 8 atom stereocenters. The Labute approximate surface area is 176 Å². The van der Waals surface area contributed by atoms with Gasteiger partial charge in [0.05, 0.1) is 13.7 Å². The fraction of sp³-hybridized carbons (Fsp3) is 0.920. The second-order valence-corrected chi connectivity index (χ2v) is 11.2.